The molecule has 7 heteroatoms. The van der Waals surface area contributed by atoms with Crippen molar-refractivity contribution in [1.29, 1.82) is 0 Å². The van der Waals surface area contributed by atoms with Crippen LogP contribution in [-0.2, 0) is 0 Å². The second-order valence-corrected chi connectivity index (χ2v) is 9.40. The van der Waals surface area contributed by atoms with Crippen molar-refractivity contribution in [3.05, 3.63) is 56.0 Å². The third-order valence-electron chi connectivity index (χ3n) is 2.85. The van der Waals surface area contributed by atoms with Gasteiger partial charge in [-0.15, -0.1) is 0 Å². The van der Waals surface area contributed by atoms with Crippen molar-refractivity contribution in [2.45, 2.75) is 33.5 Å². The molecule has 2 N–H and O–H groups in total. The monoisotopic (exact) mass is 428 g/mol. The zero-order valence-corrected chi connectivity index (χ0v) is 21.2. The van der Waals surface area contributed by atoms with Crippen LogP contribution in [0.5, 0.6) is 11.5 Å². The molecule has 0 radical (unpaired) electrons. The number of rotatable bonds is 6. The predicted molar refractivity (Wildman–Crippen MR) is 131 cm³/mol. The van der Waals surface area contributed by atoms with Gasteiger partial charge in [-0.05, 0) is 74.6 Å². The average Bonchev–Trinajstić information content (AvgIpc) is 2.58. The van der Waals surface area contributed by atoms with E-state index in [2.05, 4.69) is 30.3 Å². The number of nitrogens with one attached hydrogen (secondary N) is 2. The fraction of sp³-hybridized carbons (Fsp3) is 0.333. The van der Waals surface area contributed by atoms with E-state index >= 15 is 0 Å². The Morgan fingerprint density at radius 2 is 1.07 bits per heavy atom. The SMILES string of the molecule is CCOc1ccc(NC(=S)Nc2ccc(OCC)cc2)cc1.C[Si-](C)C.[CH3-].[Mg+2]. The number of anilines is 2. The van der Waals surface area contributed by atoms with Gasteiger partial charge in [-0.2, -0.15) is 19.6 Å². The van der Waals surface area contributed by atoms with E-state index in [1.807, 2.05) is 62.4 Å². The van der Waals surface area contributed by atoms with Crippen LogP contribution in [0.15, 0.2) is 48.5 Å². The Balaban J connectivity index is 0. The van der Waals surface area contributed by atoms with E-state index in [0.717, 1.165) is 22.9 Å². The van der Waals surface area contributed by atoms with Gasteiger partial charge in [0, 0.05) is 11.4 Å². The third-order valence-corrected chi connectivity index (χ3v) is 3.05. The summed E-state index contributed by atoms with van der Waals surface area (Å²) in [6.07, 6.45) is 0. The molecule has 4 nitrogen and oxygen atoms in total. The van der Waals surface area contributed by atoms with Gasteiger partial charge in [0.05, 0.1) is 13.2 Å². The summed E-state index contributed by atoms with van der Waals surface area (Å²) < 4.78 is 10.8. The summed E-state index contributed by atoms with van der Waals surface area (Å²) in [4.78, 5) is 0. The first-order chi connectivity index (χ1) is 12.4. The normalized spacial score (nSPS) is 9.07. The average molecular weight is 429 g/mol. The Labute approximate surface area is 194 Å². The molecule has 0 unspecified atom stereocenters. The minimum atomic E-state index is 0. The number of benzene rings is 2. The Bertz CT molecular complexity index is 596. The Hall–Kier alpha value is -1.29. The zero-order chi connectivity index (χ0) is 19.4. The summed E-state index contributed by atoms with van der Waals surface area (Å²) >= 11 is 5.30. The van der Waals surface area contributed by atoms with Crippen molar-refractivity contribution in [3.63, 3.8) is 0 Å². The first-order valence-electron chi connectivity index (χ1n) is 8.75. The maximum Gasteiger partial charge on any atom is 2.00 e. The standard InChI is InChI=1S/C17H20N2O2S.C3H9Si.CH3.Mg/c1-3-20-15-9-5-13(6-10-15)18-17(22)19-14-7-11-16(12-8-14)21-4-2;1-4(2)3;;/h5-12H,3-4H2,1-2H3,(H2,18,19,22);1-3H3;1H3;/q;2*-1;+2. The van der Waals surface area contributed by atoms with Gasteiger partial charge in [0.1, 0.15) is 11.5 Å². The minimum Gasteiger partial charge on any atom is -0.494 e. The van der Waals surface area contributed by atoms with Crippen molar-refractivity contribution >= 4 is 60.6 Å². The zero-order valence-electron chi connectivity index (χ0n) is 18.0. The van der Waals surface area contributed by atoms with Gasteiger partial charge in [-0.25, -0.2) is 0 Å². The second-order valence-electron chi connectivity index (χ2n) is 5.99. The maximum atomic E-state index is 5.40. The first kappa shape index (κ1) is 28.9. The number of hydrogen-bond donors (Lipinski definition) is 2. The van der Waals surface area contributed by atoms with Crippen molar-refractivity contribution in [3.8, 4) is 11.5 Å². The molecule has 0 aliphatic heterocycles. The molecule has 0 fully saturated rings. The third kappa shape index (κ3) is 13.0. The van der Waals surface area contributed by atoms with Gasteiger partial charge >= 0.3 is 23.1 Å². The topological polar surface area (TPSA) is 42.5 Å². The molecule has 0 amide bonds. The molecule has 0 saturated heterocycles. The summed E-state index contributed by atoms with van der Waals surface area (Å²) in [6, 6.07) is 15.3. The van der Waals surface area contributed by atoms with Crippen molar-refractivity contribution < 1.29 is 9.47 Å². The quantitative estimate of drug-likeness (QED) is 0.349. The molecule has 2 rings (SSSR count). The predicted octanol–water partition coefficient (Wildman–Crippen LogP) is 5.73. The molecule has 0 aliphatic carbocycles. The van der Waals surface area contributed by atoms with Gasteiger partial charge in [0.25, 0.3) is 0 Å². The molecule has 0 bridgehead atoms. The van der Waals surface area contributed by atoms with Crippen LogP contribution in [0.2, 0.25) is 19.6 Å². The molecule has 0 saturated carbocycles. The van der Waals surface area contributed by atoms with Crippen LogP contribution in [-0.4, -0.2) is 50.2 Å². The van der Waals surface area contributed by atoms with Crippen LogP contribution in [0.25, 0.3) is 0 Å². The summed E-state index contributed by atoms with van der Waals surface area (Å²) in [7, 11) is 0.120. The van der Waals surface area contributed by atoms with E-state index in [1.54, 1.807) is 0 Å². The van der Waals surface area contributed by atoms with Crippen LogP contribution < -0.4 is 20.1 Å². The van der Waals surface area contributed by atoms with Crippen LogP contribution in [0.4, 0.5) is 11.4 Å². The molecule has 2 aromatic rings. The van der Waals surface area contributed by atoms with Crippen LogP contribution in [0.3, 0.4) is 0 Å². The summed E-state index contributed by atoms with van der Waals surface area (Å²) in [5.41, 5.74) is 1.82. The van der Waals surface area contributed by atoms with Crippen LogP contribution in [0.1, 0.15) is 13.8 Å². The van der Waals surface area contributed by atoms with Gasteiger partial charge in [0.2, 0.25) is 0 Å². The number of ether oxygens (including phenoxy) is 2. The summed E-state index contributed by atoms with van der Waals surface area (Å²) in [5.74, 6) is 1.69. The number of hydrogen-bond acceptors (Lipinski definition) is 3. The number of thiocarbonyl (C=S) groups is 1. The summed E-state index contributed by atoms with van der Waals surface area (Å²) in [5, 5.41) is 6.80. The molecule has 150 valence electrons. The molecular formula is C21H32MgN2O2SSi. The molecule has 0 heterocycles. The first-order valence-corrected chi connectivity index (χ1v) is 12.2. The summed E-state index contributed by atoms with van der Waals surface area (Å²) in [6.45, 7) is 12.0. The van der Waals surface area contributed by atoms with E-state index in [-0.39, 0.29) is 39.3 Å². The van der Waals surface area contributed by atoms with Crippen LogP contribution in [0, 0.1) is 7.43 Å². The largest absolute Gasteiger partial charge is 2.00 e. The van der Waals surface area contributed by atoms with E-state index in [9.17, 15) is 0 Å². The van der Waals surface area contributed by atoms with Crippen molar-refractivity contribution in [2.75, 3.05) is 23.8 Å². The van der Waals surface area contributed by atoms with E-state index < -0.39 is 0 Å². The molecule has 0 aromatic heterocycles. The van der Waals surface area contributed by atoms with Crippen molar-refractivity contribution in [2.24, 2.45) is 0 Å². The molecule has 0 atom stereocenters. The Kier molecular flexibility index (Phi) is 17.2. The molecule has 0 spiro atoms. The molecule has 28 heavy (non-hydrogen) atoms. The van der Waals surface area contributed by atoms with Gasteiger partial charge in [-0.3, -0.25) is 8.80 Å². The van der Waals surface area contributed by atoms with Gasteiger partial charge < -0.3 is 27.5 Å². The molecule has 2 aromatic carbocycles. The molecule has 0 aliphatic rings. The van der Waals surface area contributed by atoms with E-state index in [4.69, 9.17) is 21.7 Å². The Morgan fingerprint density at radius 3 is 1.32 bits per heavy atom. The second kappa shape index (κ2) is 16.6. The smallest absolute Gasteiger partial charge is 0.494 e. The maximum absolute atomic E-state index is 5.40. The van der Waals surface area contributed by atoms with Crippen molar-refractivity contribution in [1.82, 2.24) is 0 Å². The minimum absolute atomic E-state index is 0. The van der Waals surface area contributed by atoms with Crippen LogP contribution >= 0.6 is 12.2 Å². The Morgan fingerprint density at radius 1 is 0.786 bits per heavy atom. The van der Waals surface area contributed by atoms with E-state index in [1.165, 1.54) is 0 Å². The van der Waals surface area contributed by atoms with Gasteiger partial charge in [0.15, 0.2) is 5.11 Å². The fourth-order valence-electron chi connectivity index (χ4n) is 1.90. The molecular weight excluding hydrogens is 397 g/mol. The fourth-order valence-corrected chi connectivity index (χ4v) is 2.13. The van der Waals surface area contributed by atoms with E-state index in [0.29, 0.717) is 18.3 Å². The van der Waals surface area contributed by atoms with Gasteiger partial charge in [-0.1, -0.05) is 0 Å².